The van der Waals surface area contributed by atoms with Crippen molar-refractivity contribution in [3.05, 3.63) is 58.3 Å². The van der Waals surface area contributed by atoms with Crippen molar-refractivity contribution in [3.63, 3.8) is 0 Å². The topological polar surface area (TPSA) is 20.3 Å². The lowest BCUT2D eigenvalue weighted by molar-refractivity contribution is -0.658. The van der Waals surface area contributed by atoms with E-state index in [9.17, 15) is 0 Å². The van der Waals surface area contributed by atoms with Crippen LogP contribution >= 0.6 is 0 Å². The average molecular weight is 320 g/mol. The van der Waals surface area contributed by atoms with Gasteiger partial charge < -0.3 is 4.42 Å². The number of nitrogens with zero attached hydrogens (tertiary/aromatic N) is 2. The zero-order valence-electron chi connectivity index (χ0n) is 17.4. The maximum Gasteiger partial charge on any atom is 0.405 e. The minimum atomic E-state index is -2.12. The van der Waals surface area contributed by atoms with Crippen LogP contribution in [0, 0.1) is 13.8 Å². The minimum Gasteiger partial charge on any atom is -0.457 e. The molecule has 0 spiro atoms. The second kappa shape index (κ2) is 5.27. The lowest BCUT2D eigenvalue weighted by Crippen LogP contribution is -2.50. The number of para-hydroxylation sites is 1. The van der Waals surface area contributed by atoms with Crippen molar-refractivity contribution in [2.24, 2.45) is 7.05 Å². The van der Waals surface area contributed by atoms with Crippen LogP contribution in [-0.2, 0) is 7.05 Å². The summed E-state index contributed by atoms with van der Waals surface area (Å²) in [5.74, 6) is 3.08. The molecule has 1 aliphatic rings. The van der Waals surface area contributed by atoms with E-state index in [1.807, 2.05) is 42.8 Å². The summed E-state index contributed by atoms with van der Waals surface area (Å²) < 4.78 is 31.2. The van der Waals surface area contributed by atoms with E-state index in [1.165, 1.54) is 0 Å². The summed E-state index contributed by atoms with van der Waals surface area (Å²) in [5, 5.41) is 2.19. The molecule has 1 aliphatic heterocycles. The zero-order valence-corrected chi connectivity index (χ0v) is 14.4. The van der Waals surface area contributed by atoms with Gasteiger partial charge in [0.15, 0.2) is 0 Å². The molecule has 24 heavy (non-hydrogen) atoms. The summed E-state index contributed by atoms with van der Waals surface area (Å²) >= 11 is 0. The summed E-state index contributed by atoms with van der Waals surface area (Å²) in [4.78, 5) is 2.24. The van der Waals surface area contributed by atoms with Gasteiger partial charge in [0.1, 0.15) is 11.0 Å². The van der Waals surface area contributed by atoms with Gasteiger partial charge in [0, 0.05) is 15.6 Å². The van der Waals surface area contributed by atoms with E-state index in [0.29, 0.717) is 5.56 Å². The van der Waals surface area contributed by atoms with E-state index in [1.54, 1.807) is 6.20 Å². The SMILES string of the molecule is [2H]C([2H])([2H])c1c[n+](C)c(N2B(C)C=c3oc4ccccc4c3=C2C)cc1C. The monoisotopic (exact) mass is 320 g/mol. The van der Waals surface area contributed by atoms with Crippen LogP contribution in [0.2, 0.25) is 6.82 Å². The molecule has 2 aromatic heterocycles. The molecule has 120 valence electrons. The molecule has 0 fully saturated rings. The predicted octanol–water partition coefficient (Wildman–Crippen LogP) is 2.46. The Bertz CT molecular complexity index is 1180. The van der Waals surface area contributed by atoms with Gasteiger partial charge in [-0.05, 0) is 50.7 Å². The second-order valence-electron chi connectivity index (χ2n) is 6.54. The van der Waals surface area contributed by atoms with E-state index in [2.05, 4.69) is 30.6 Å². The summed E-state index contributed by atoms with van der Waals surface area (Å²) in [6, 6.07) is 10.0. The minimum absolute atomic E-state index is 0.0854. The molecular formula is C20H22BN2O+. The van der Waals surface area contributed by atoms with Crippen molar-refractivity contribution in [2.75, 3.05) is 4.81 Å². The number of aromatic nitrogens is 1. The third kappa shape index (κ3) is 2.09. The van der Waals surface area contributed by atoms with Crippen molar-refractivity contribution < 1.29 is 13.1 Å². The number of hydrogen-bond donors (Lipinski definition) is 0. The Hall–Kier alpha value is -2.49. The van der Waals surface area contributed by atoms with Crippen molar-refractivity contribution in [1.82, 2.24) is 0 Å². The van der Waals surface area contributed by atoms with E-state index >= 15 is 0 Å². The highest BCUT2D eigenvalue weighted by atomic mass is 16.3. The first-order valence-electron chi connectivity index (χ1n) is 9.69. The smallest absolute Gasteiger partial charge is 0.405 e. The fourth-order valence-electron chi connectivity index (χ4n) is 3.63. The third-order valence-corrected chi connectivity index (χ3v) is 4.85. The normalized spacial score (nSPS) is 16.5. The van der Waals surface area contributed by atoms with Crippen molar-refractivity contribution in [2.45, 2.75) is 27.5 Å². The van der Waals surface area contributed by atoms with Crippen LogP contribution in [0.15, 0.2) is 40.9 Å². The van der Waals surface area contributed by atoms with E-state index < -0.39 is 6.85 Å². The molecule has 0 saturated carbocycles. The zero-order chi connectivity index (χ0) is 19.5. The Balaban J connectivity index is 1.97. The molecule has 3 nitrogen and oxygen atoms in total. The fraction of sp³-hybridized carbons (Fsp3) is 0.250. The van der Waals surface area contributed by atoms with Gasteiger partial charge in [-0.3, -0.25) is 4.81 Å². The van der Waals surface area contributed by atoms with Gasteiger partial charge in [-0.15, -0.1) is 0 Å². The van der Waals surface area contributed by atoms with Gasteiger partial charge >= 0.3 is 6.85 Å². The predicted molar refractivity (Wildman–Crippen MR) is 100 cm³/mol. The maximum absolute atomic E-state index is 7.75. The number of aryl methyl sites for hydroxylation is 3. The van der Waals surface area contributed by atoms with Crippen LogP contribution in [0.4, 0.5) is 5.82 Å². The Labute approximate surface area is 146 Å². The first kappa shape index (κ1) is 12.0. The second-order valence-corrected chi connectivity index (χ2v) is 6.54. The first-order chi connectivity index (χ1) is 12.7. The summed E-state index contributed by atoms with van der Waals surface area (Å²) in [6.45, 7) is 4.04. The summed E-state index contributed by atoms with van der Waals surface area (Å²) in [5.41, 5.74) is 4.03. The van der Waals surface area contributed by atoms with Crippen LogP contribution in [0.3, 0.4) is 0 Å². The quantitative estimate of drug-likeness (QED) is 0.507. The Morgan fingerprint density at radius 1 is 1.21 bits per heavy atom. The van der Waals surface area contributed by atoms with Crippen LogP contribution < -0.4 is 20.0 Å². The number of furan rings is 1. The molecule has 0 radical (unpaired) electrons. The third-order valence-electron chi connectivity index (χ3n) is 4.85. The maximum atomic E-state index is 7.75. The van der Waals surface area contributed by atoms with Gasteiger partial charge in [0.2, 0.25) is 0 Å². The molecule has 3 aromatic rings. The lowest BCUT2D eigenvalue weighted by Gasteiger charge is -2.24. The van der Waals surface area contributed by atoms with Gasteiger partial charge in [0.05, 0.1) is 24.2 Å². The van der Waals surface area contributed by atoms with Crippen molar-refractivity contribution in [3.8, 4) is 0 Å². The standard InChI is InChI=1S/C20H22BN2O/c1-13-10-19(22(5)12-14(13)2)23-15(3)20-16-8-6-7-9-17(16)24-18(20)11-21(23)4/h6-12H,1-5H3/q+1/i2D3. The fourth-order valence-corrected chi connectivity index (χ4v) is 3.63. The lowest BCUT2D eigenvalue weighted by atomic mass is 9.61. The highest BCUT2D eigenvalue weighted by Crippen LogP contribution is 2.22. The van der Waals surface area contributed by atoms with Gasteiger partial charge in [0.25, 0.3) is 5.82 Å². The summed E-state index contributed by atoms with van der Waals surface area (Å²) in [7, 11) is 1.90. The Morgan fingerprint density at radius 2 is 2.00 bits per heavy atom. The highest BCUT2D eigenvalue weighted by molar-refractivity contribution is 6.77. The number of benzene rings is 1. The molecule has 0 atom stereocenters. The number of hydrogen-bond acceptors (Lipinski definition) is 2. The highest BCUT2D eigenvalue weighted by Gasteiger charge is 2.33. The van der Waals surface area contributed by atoms with E-state index in [4.69, 9.17) is 8.53 Å². The summed E-state index contributed by atoms with van der Waals surface area (Å²) in [6.07, 6.45) is 1.72. The van der Waals surface area contributed by atoms with Crippen molar-refractivity contribution in [1.29, 1.82) is 0 Å². The molecule has 3 heterocycles. The number of pyridine rings is 1. The molecule has 0 saturated heterocycles. The molecule has 0 N–H and O–H groups in total. The molecule has 0 amide bonds. The van der Waals surface area contributed by atoms with E-state index in [-0.39, 0.29) is 6.85 Å². The first-order valence-corrected chi connectivity index (χ1v) is 8.19. The Kier molecular flexibility index (Phi) is 2.62. The van der Waals surface area contributed by atoms with Crippen molar-refractivity contribution >= 4 is 35.3 Å². The number of rotatable bonds is 1. The Morgan fingerprint density at radius 3 is 2.79 bits per heavy atom. The van der Waals surface area contributed by atoms with Crippen LogP contribution in [0.1, 0.15) is 22.2 Å². The largest absolute Gasteiger partial charge is 0.457 e. The molecule has 0 bridgehead atoms. The average Bonchev–Trinajstić information content (AvgIpc) is 2.94. The van der Waals surface area contributed by atoms with Gasteiger partial charge in [-0.25, -0.2) is 4.57 Å². The molecular weight excluding hydrogens is 295 g/mol. The number of anilines is 1. The molecule has 4 heteroatoms. The van der Waals surface area contributed by atoms with E-state index in [0.717, 1.165) is 38.7 Å². The van der Waals surface area contributed by atoms with Gasteiger partial charge in [-0.2, -0.15) is 0 Å². The van der Waals surface area contributed by atoms with Crippen LogP contribution in [0.5, 0.6) is 0 Å². The van der Waals surface area contributed by atoms with Crippen LogP contribution in [-0.4, -0.2) is 6.85 Å². The van der Waals surface area contributed by atoms with Gasteiger partial charge in [-0.1, -0.05) is 18.2 Å². The molecule has 1 aromatic carbocycles. The molecule has 0 unspecified atom stereocenters. The van der Waals surface area contributed by atoms with Crippen LogP contribution in [0.25, 0.3) is 22.6 Å². The molecule has 4 rings (SSSR count). The number of fused-ring (bicyclic) bond motifs is 3. The molecule has 0 aliphatic carbocycles.